The van der Waals surface area contributed by atoms with Crippen LogP contribution in [-0.4, -0.2) is 10.1 Å². The van der Waals surface area contributed by atoms with Crippen LogP contribution in [0.5, 0.6) is 5.75 Å². The van der Waals surface area contributed by atoms with Gasteiger partial charge in [-0.25, -0.2) is 8.78 Å². The molecule has 4 nitrogen and oxygen atoms in total. The van der Waals surface area contributed by atoms with Gasteiger partial charge in [0.25, 0.3) is 6.43 Å². The van der Waals surface area contributed by atoms with Crippen molar-refractivity contribution in [2.24, 2.45) is 5.73 Å². The van der Waals surface area contributed by atoms with E-state index in [0.717, 1.165) is 6.20 Å². The number of nitrogens with two attached hydrogens (primary N) is 1. The lowest BCUT2D eigenvalue weighted by Gasteiger charge is -2.10. The fraction of sp³-hybridized carbons (Fsp3) is 0.333. The highest BCUT2D eigenvalue weighted by Crippen LogP contribution is 2.31. The zero-order chi connectivity index (χ0) is 11.4. The van der Waals surface area contributed by atoms with Crippen LogP contribution in [-0.2, 0) is 13.0 Å². The molecular weight excluding hydrogens is 204 g/mol. The summed E-state index contributed by atoms with van der Waals surface area (Å²) in [5, 5.41) is 17.9. The Morgan fingerprint density at radius 3 is 2.73 bits per heavy atom. The Hall–Kier alpha value is -1.74. The van der Waals surface area contributed by atoms with Gasteiger partial charge in [0.1, 0.15) is 11.4 Å². The predicted molar refractivity (Wildman–Crippen MR) is 48.1 cm³/mol. The van der Waals surface area contributed by atoms with E-state index in [4.69, 9.17) is 11.0 Å². The second-order valence-electron chi connectivity index (χ2n) is 2.84. The van der Waals surface area contributed by atoms with Crippen molar-refractivity contribution in [3.8, 4) is 11.8 Å². The van der Waals surface area contributed by atoms with Crippen molar-refractivity contribution in [2.75, 3.05) is 0 Å². The summed E-state index contributed by atoms with van der Waals surface area (Å²) in [6.45, 7) is 0.0427. The van der Waals surface area contributed by atoms with Crippen LogP contribution in [0.15, 0.2) is 6.20 Å². The zero-order valence-electron chi connectivity index (χ0n) is 7.74. The van der Waals surface area contributed by atoms with Crippen LogP contribution < -0.4 is 5.73 Å². The van der Waals surface area contributed by atoms with Gasteiger partial charge in [0.2, 0.25) is 0 Å². The summed E-state index contributed by atoms with van der Waals surface area (Å²) in [4.78, 5) is 3.40. The van der Waals surface area contributed by atoms with E-state index in [2.05, 4.69) is 4.98 Å². The van der Waals surface area contributed by atoms with Gasteiger partial charge in [-0.05, 0) is 5.56 Å². The van der Waals surface area contributed by atoms with Crippen LogP contribution in [0.1, 0.15) is 23.2 Å². The minimum Gasteiger partial charge on any atom is -0.505 e. The molecule has 0 amide bonds. The van der Waals surface area contributed by atoms with E-state index >= 15 is 0 Å². The molecule has 0 saturated heterocycles. The van der Waals surface area contributed by atoms with Gasteiger partial charge in [0, 0.05) is 18.3 Å². The van der Waals surface area contributed by atoms with Crippen molar-refractivity contribution in [3.05, 3.63) is 23.0 Å². The molecule has 0 bridgehead atoms. The molecular formula is C9H9F2N3O. The summed E-state index contributed by atoms with van der Waals surface area (Å²) in [6, 6.07) is 1.78. The molecule has 1 aromatic rings. The third kappa shape index (κ3) is 2.19. The molecule has 80 valence electrons. The van der Waals surface area contributed by atoms with E-state index in [1.807, 2.05) is 0 Å². The van der Waals surface area contributed by atoms with Crippen LogP contribution in [0.2, 0.25) is 0 Å². The Kier molecular flexibility index (Phi) is 3.52. The van der Waals surface area contributed by atoms with Crippen molar-refractivity contribution in [1.82, 2.24) is 4.98 Å². The Labute approximate surface area is 85.0 Å². The molecule has 0 fully saturated rings. The van der Waals surface area contributed by atoms with Crippen molar-refractivity contribution < 1.29 is 13.9 Å². The molecule has 6 heteroatoms. The lowest BCUT2D eigenvalue weighted by molar-refractivity contribution is 0.141. The average molecular weight is 213 g/mol. The highest BCUT2D eigenvalue weighted by molar-refractivity contribution is 5.43. The predicted octanol–water partition coefficient (Wildman–Crippen LogP) is 1.25. The first-order valence-corrected chi connectivity index (χ1v) is 4.16. The third-order valence-corrected chi connectivity index (χ3v) is 1.96. The van der Waals surface area contributed by atoms with E-state index in [9.17, 15) is 13.9 Å². The highest BCUT2D eigenvalue weighted by atomic mass is 19.3. The molecule has 15 heavy (non-hydrogen) atoms. The molecule has 0 aliphatic heterocycles. The zero-order valence-corrected chi connectivity index (χ0v) is 7.74. The average Bonchev–Trinajstić information content (AvgIpc) is 2.20. The largest absolute Gasteiger partial charge is 0.505 e. The molecule has 0 unspecified atom stereocenters. The molecule has 0 aromatic carbocycles. The fourth-order valence-electron chi connectivity index (χ4n) is 1.21. The molecule has 0 aliphatic rings. The molecule has 0 spiro atoms. The number of pyridine rings is 1. The second kappa shape index (κ2) is 4.66. The summed E-state index contributed by atoms with van der Waals surface area (Å²) in [5.74, 6) is -0.630. The van der Waals surface area contributed by atoms with E-state index in [1.165, 1.54) is 0 Å². The van der Waals surface area contributed by atoms with E-state index < -0.39 is 17.9 Å². The molecule has 3 N–H and O–H groups in total. The Morgan fingerprint density at radius 2 is 2.27 bits per heavy atom. The van der Waals surface area contributed by atoms with Crippen LogP contribution in [0.25, 0.3) is 0 Å². The SMILES string of the molecule is N#CCc1c(CN)cnc(C(F)F)c1O. The first kappa shape index (κ1) is 11.3. The first-order valence-electron chi connectivity index (χ1n) is 4.16. The van der Waals surface area contributed by atoms with Gasteiger partial charge in [-0.3, -0.25) is 4.98 Å². The normalized spacial score (nSPS) is 10.3. The van der Waals surface area contributed by atoms with Gasteiger partial charge < -0.3 is 10.8 Å². The number of hydrogen-bond acceptors (Lipinski definition) is 4. The van der Waals surface area contributed by atoms with Gasteiger partial charge in [-0.15, -0.1) is 0 Å². The maximum atomic E-state index is 12.3. The molecule has 0 aliphatic carbocycles. The van der Waals surface area contributed by atoms with Crippen LogP contribution in [0, 0.1) is 11.3 Å². The Bertz CT molecular complexity index is 401. The third-order valence-electron chi connectivity index (χ3n) is 1.96. The molecule has 0 atom stereocenters. The fourth-order valence-corrected chi connectivity index (χ4v) is 1.21. The topological polar surface area (TPSA) is 82.9 Å². The number of nitrogens with zero attached hydrogens (tertiary/aromatic N) is 2. The van der Waals surface area contributed by atoms with Crippen LogP contribution in [0.3, 0.4) is 0 Å². The van der Waals surface area contributed by atoms with Crippen molar-refractivity contribution >= 4 is 0 Å². The standard InChI is InChI=1S/C9H9F2N3O/c10-9(11)7-8(15)6(1-2-12)5(3-13)4-14-7/h4,9,15H,1,3,13H2. The summed E-state index contributed by atoms with van der Waals surface area (Å²) >= 11 is 0. The molecule has 1 aromatic heterocycles. The maximum absolute atomic E-state index is 12.3. The quantitative estimate of drug-likeness (QED) is 0.791. The van der Waals surface area contributed by atoms with E-state index in [-0.39, 0.29) is 18.5 Å². The first-order chi connectivity index (χ1) is 7.11. The highest BCUT2D eigenvalue weighted by Gasteiger charge is 2.19. The van der Waals surface area contributed by atoms with Gasteiger partial charge in [-0.1, -0.05) is 0 Å². The number of nitriles is 1. The van der Waals surface area contributed by atoms with Crippen molar-refractivity contribution in [3.63, 3.8) is 0 Å². The second-order valence-corrected chi connectivity index (χ2v) is 2.84. The summed E-state index contributed by atoms with van der Waals surface area (Å²) in [5.41, 5.74) is 5.15. The molecule has 0 saturated carbocycles. The maximum Gasteiger partial charge on any atom is 0.284 e. The van der Waals surface area contributed by atoms with Crippen molar-refractivity contribution in [1.29, 1.82) is 5.26 Å². The van der Waals surface area contributed by atoms with Gasteiger partial charge in [0.15, 0.2) is 0 Å². The van der Waals surface area contributed by atoms with Gasteiger partial charge in [-0.2, -0.15) is 5.26 Å². The molecule has 0 radical (unpaired) electrons. The van der Waals surface area contributed by atoms with Crippen LogP contribution >= 0.6 is 0 Å². The van der Waals surface area contributed by atoms with Gasteiger partial charge >= 0.3 is 0 Å². The van der Waals surface area contributed by atoms with Gasteiger partial charge in [0.05, 0.1) is 12.5 Å². The van der Waals surface area contributed by atoms with Crippen LogP contribution in [0.4, 0.5) is 8.78 Å². The number of alkyl halides is 2. The summed E-state index contributed by atoms with van der Waals surface area (Å²) < 4.78 is 24.7. The van der Waals surface area contributed by atoms with E-state index in [0.29, 0.717) is 5.56 Å². The number of aromatic nitrogens is 1. The number of aromatic hydroxyl groups is 1. The minimum absolute atomic E-state index is 0.0427. The minimum atomic E-state index is -2.87. The number of hydrogen-bond donors (Lipinski definition) is 2. The molecule has 1 heterocycles. The molecule has 1 rings (SSSR count). The number of rotatable bonds is 3. The number of halogens is 2. The van der Waals surface area contributed by atoms with E-state index in [1.54, 1.807) is 6.07 Å². The summed E-state index contributed by atoms with van der Waals surface area (Å²) in [6.07, 6.45) is -1.87. The Morgan fingerprint density at radius 1 is 1.60 bits per heavy atom. The summed E-state index contributed by atoms with van der Waals surface area (Å²) in [7, 11) is 0. The smallest absolute Gasteiger partial charge is 0.284 e. The monoisotopic (exact) mass is 213 g/mol. The Balaban J connectivity index is 3.30. The lowest BCUT2D eigenvalue weighted by Crippen LogP contribution is -2.05. The van der Waals surface area contributed by atoms with Crippen molar-refractivity contribution in [2.45, 2.75) is 19.4 Å². The lowest BCUT2D eigenvalue weighted by atomic mass is 10.1.